The molecule has 5 nitrogen and oxygen atoms in total. The van der Waals surface area contributed by atoms with E-state index < -0.39 is 0 Å². The lowest BCUT2D eigenvalue weighted by molar-refractivity contribution is 0.102. The Morgan fingerprint density at radius 1 is 1.23 bits per heavy atom. The second-order valence-electron chi connectivity index (χ2n) is 5.42. The van der Waals surface area contributed by atoms with Crippen molar-refractivity contribution in [1.82, 2.24) is 0 Å². The van der Waals surface area contributed by atoms with Crippen LogP contribution in [0.1, 0.15) is 16.1 Å². The highest BCUT2D eigenvalue weighted by Gasteiger charge is 2.15. The molecule has 2 N–H and O–H groups in total. The third-order valence-electron chi connectivity index (χ3n) is 3.71. The summed E-state index contributed by atoms with van der Waals surface area (Å²) in [6, 6.07) is 13.7. The van der Waals surface area contributed by atoms with Gasteiger partial charge in [-0.15, -0.1) is 0 Å². The van der Waals surface area contributed by atoms with Crippen LogP contribution in [0.5, 0.6) is 5.75 Å². The van der Waals surface area contributed by atoms with Crippen molar-refractivity contribution >= 4 is 39.1 Å². The van der Waals surface area contributed by atoms with Gasteiger partial charge in [-0.1, -0.05) is 27.5 Å². The lowest BCUT2D eigenvalue weighted by Gasteiger charge is -2.11. The van der Waals surface area contributed by atoms with Gasteiger partial charge in [0.1, 0.15) is 23.9 Å². The van der Waals surface area contributed by atoms with Crippen molar-refractivity contribution in [2.45, 2.75) is 6.61 Å². The van der Waals surface area contributed by atoms with Gasteiger partial charge < -0.3 is 19.6 Å². The summed E-state index contributed by atoms with van der Waals surface area (Å²) in [5.41, 5.74) is 1.58. The number of rotatable bonds is 5. The number of hydrogen-bond donors (Lipinski definition) is 2. The first-order valence-electron chi connectivity index (χ1n) is 7.66. The van der Waals surface area contributed by atoms with Gasteiger partial charge in [-0.3, -0.25) is 4.79 Å². The lowest BCUT2D eigenvalue weighted by Crippen LogP contribution is -2.12. The molecule has 0 atom stereocenters. The van der Waals surface area contributed by atoms with Crippen molar-refractivity contribution in [2.24, 2.45) is 0 Å². The first-order valence-corrected chi connectivity index (χ1v) is 8.83. The maximum atomic E-state index is 12.5. The van der Waals surface area contributed by atoms with Crippen LogP contribution in [-0.2, 0) is 6.61 Å². The second-order valence-corrected chi connectivity index (χ2v) is 6.74. The minimum Gasteiger partial charge on any atom is -0.496 e. The van der Waals surface area contributed by atoms with E-state index in [1.807, 2.05) is 0 Å². The molecule has 3 aromatic rings. The Balaban J connectivity index is 1.92. The average Bonchev–Trinajstić information content (AvgIpc) is 3.12. The van der Waals surface area contributed by atoms with Gasteiger partial charge in [0.25, 0.3) is 5.91 Å². The molecule has 0 bridgehead atoms. The van der Waals surface area contributed by atoms with Crippen molar-refractivity contribution in [3.8, 4) is 17.1 Å². The number of benzene rings is 2. The molecule has 0 saturated carbocycles. The monoisotopic (exact) mass is 435 g/mol. The van der Waals surface area contributed by atoms with E-state index in [0.717, 1.165) is 4.47 Å². The number of hydrogen-bond acceptors (Lipinski definition) is 4. The Morgan fingerprint density at radius 2 is 2.04 bits per heavy atom. The number of carbonyl (C=O) groups excluding carboxylic acids is 1. The SMILES string of the molecule is COc1ccc(NC(=O)c2cc(Br)ccc2Cl)cc1-c1ccc(CO)o1. The number of carbonyl (C=O) groups is 1. The zero-order valence-corrected chi connectivity index (χ0v) is 16.1. The largest absolute Gasteiger partial charge is 0.496 e. The fourth-order valence-electron chi connectivity index (χ4n) is 2.46. The summed E-state index contributed by atoms with van der Waals surface area (Å²) in [7, 11) is 1.55. The molecular formula is C19H15BrClNO4. The van der Waals surface area contributed by atoms with Gasteiger partial charge in [0, 0.05) is 10.2 Å². The van der Waals surface area contributed by atoms with Crippen molar-refractivity contribution in [1.29, 1.82) is 0 Å². The molecule has 1 amide bonds. The quantitative estimate of drug-likeness (QED) is 0.582. The number of amides is 1. The van der Waals surface area contributed by atoms with Gasteiger partial charge in [0.15, 0.2) is 0 Å². The molecule has 0 radical (unpaired) electrons. The predicted molar refractivity (Wildman–Crippen MR) is 104 cm³/mol. The maximum Gasteiger partial charge on any atom is 0.257 e. The second kappa shape index (κ2) is 7.95. The van der Waals surface area contributed by atoms with E-state index in [0.29, 0.717) is 39.1 Å². The number of ether oxygens (including phenoxy) is 1. The highest BCUT2D eigenvalue weighted by atomic mass is 79.9. The van der Waals surface area contributed by atoms with Crippen molar-refractivity contribution < 1.29 is 19.1 Å². The Hall–Kier alpha value is -2.28. The topological polar surface area (TPSA) is 71.7 Å². The molecule has 0 aliphatic heterocycles. The van der Waals surface area contributed by atoms with E-state index >= 15 is 0 Å². The molecule has 0 unspecified atom stereocenters. The Bertz CT molecular complexity index is 954. The van der Waals surface area contributed by atoms with E-state index in [-0.39, 0.29) is 12.5 Å². The summed E-state index contributed by atoms with van der Waals surface area (Å²) in [5.74, 6) is 1.23. The summed E-state index contributed by atoms with van der Waals surface area (Å²) in [6.45, 7) is -0.194. The molecule has 7 heteroatoms. The van der Waals surface area contributed by atoms with Gasteiger partial charge in [0.05, 0.1) is 23.3 Å². The number of methoxy groups -OCH3 is 1. The molecule has 1 heterocycles. The minimum absolute atomic E-state index is 0.194. The highest BCUT2D eigenvalue weighted by Crippen LogP contribution is 2.34. The van der Waals surface area contributed by atoms with Gasteiger partial charge in [0.2, 0.25) is 0 Å². The summed E-state index contributed by atoms with van der Waals surface area (Å²) < 4.78 is 11.7. The fourth-order valence-corrected chi connectivity index (χ4v) is 3.02. The summed E-state index contributed by atoms with van der Waals surface area (Å²) in [5, 5.41) is 12.4. The molecular weight excluding hydrogens is 422 g/mol. The van der Waals surface area contributed by atoms with Gasteiger partial charge in [-0.2, -0.15) is 0 Å². The number of halogens is 2. The molecule has 0 fully saturated rings. The van der Waals surface area contributed by atoms with Gasteiger partial charge >= 0.3 is 0 Å². The highest BCUT2D eigenvalue weighted by molar-refractivity contribution is 9.10. The van der Waals surface area contributed by atoms with E-state index in [1.165, 1.54) is 0 Å². The summed E-state index contributed by atoms with van der Waals surface area (Å²) in [4.78, 5) is 12.5. The van der Waals surface area contributed by atoms with Crippen LogP contribution in [0.3, 0.4) is 0 Å². The zero-order chi connectivity index (χ0) is 18.7. The number of aliphatic hydroxyl groups is 1. The van der Waals surface area contributed by atoms with E-state index in [4.69, 9.17) is 20.8 Å². The number of aliphatic hydroxyl groups excluding tert-OH is 1. The Labute approximate surface area is 163 Å². The van der Waals surface area contributed by atoms with Crippen LogP contribution >= 0.6 is 27.5 Å². The molecule has 0 aliphatic rings. The van der Waals surface area contributed by atoms with Crippen LogP contribution in [0, 0.1) is 0 Å². The van der Waals surface area contributed by atoms with Gasteiger partial charge in [-0.25, -0.2) is 0 Å². The van der Waals surface area contributed by atoms with Crippen LogP contribution in [0.4, 0.5) is 5.69 Å². The van der Waals surface area contributed by atoms with Crippen LogP contribution in [0.25, 0.3) is 11.3 Å². The Kier molecular flexibility index (Phi) is 5.66. The third-order valence-corrected chi connectivity index (χ3v) is 4.54. The van der Waals surface area contributed by atoms with E-state index in [1.54, 1.807) is 55.6 Å². The summed E-state index contributed by atoms with van der Waals surface area (Å²) >= 11 is 9.44. The van der Waals surface area contributed by atoms with Crippen LogP contribution in [0.2, 0.25) is 5.02 Å². The minimum atomic E-state index is -0.331. The fraction of sp³-hybridized carbons (Fsp3) is 0.105. The standard InChI is InChI=1S/C19H15BrClNO4/c1-25-17-6-3-12(9-15(17)18-7-4-13(10-23)26-18)22-19(24)14-8-11(20)2-5-16(14)21/h2-9,23H,10H2,1H3,(H,22,24). The first kappa shape index (κ1) is 18.5. The lowest BCUT2D eigenvalue weighted by atomic mass is 10.1. The van der Waals surface area contributed by atoms with E-state index in [9.17, 15) is 9.90 Å². The smallest absolute Gasteiger partial charge is 0.257 e. The normalized spacial score (nSPS) is 10.6. The average molecular weight is 437 g/mol. The molecule has 26 heavy (non-hydrogen) atoms. The molecule has 0 spiro atoms. The van der Waals surface area contributed by atoms with Crippen LogP contribution < -0.4 is 10.1 Å². The van der Waals surface area contributed by atoms with E-state index in [2.05, 4.69) is 21.2 Å². The maximum absolute atomic E-state index is 12.5. The van der Waals surface area contributed by atoms with Crippen LogP contribution in [0.15, 0.2) is 57.4 Å². The molecule has 134 valence electrons. The molecule has 2 aromatic carbocycles. The van der Waals surface area contributed by atoms with Crippen molar-refractivity contribution in [3.63, 3.8) is 0 Å². The molecule has 0 saturated heterocycles. The summed E-state index contributed by atoms with van der Waals surface area (Å²) in [6.07, 6.45) is 0. The van der Waals surface area contributed by atoms with Crippen LogP contribution in [-0.4, -0.2) is 18.1 Å². The number of nitrogens with one attached hydrogen (secondary N) is 1. The third kappa shape index (κ3) is 3.93. The predicted octanol–water partition coefficient (Wildman–Crippen LogP) is 5.12. The number of anilines is 1. The van der Waals surface area contributed by atoms with Crippen molar-refractivity contribution in [3.05, 3.63) is 69.3 Å². The Morgan fingerprint density at radius 3 is 2.73 bits per heavy atom. The number of furan rings is 1. The zero-order valence-electron chi connectivity index (χ0n) is 13.8. The van der Waals surface area contributed by atoms with Crippen molar-refractivity contribution in [2.75, 3.05) is 12.4 Å². The molecule has 1 aromatic heterocycles. The molecule has 0 aliphatic carbocycles. The van der Waals surface area contributed by atoms with Gasteiger partial charge in [-0.05, 0) is 48.5 Å². The molecule has 3 rings (SSSR count). The first-order chi connectivity index (χ1) is 12.5.